The van der Waals surface area contributed by atoms with E-state index in [1.807, 2.05) is 6.92 Å². The van der Waals surface area contributed by atoms with Gasteiger partial charge in [0.25, 0.3) is 0 Å². The third kappa shape index (κ3) is 3.68. The summed E-state index contributed by atoms with van der Waals surface area (Å²) in [5, 5.41) is 8.64. The van der Waals surface area contributed by atoms with Gasteiger partial charge in [0.2, 0.25) is 0 Å². The van der Waals surface area contributed by atoms with E-state index in [-0.39, 0.29) is 0 Å². The molecule has 1 rings (SSSR count). The van der Waals surface area contributed by atoms with Crippen molar-refractivity contribution in [3.63, 3.8) is 0 Å². The smallest absolute Gasteiger partial charge is 0.303 e. The first kappa shape index (κ1) is 11.5. The molecule has 0 spiro atoms. The number of likely N-dealkylation sites (tertiary alicyclic amines) is 1. The van der Waals surface area contributed by atoms with Crippen LogP contribution >= 0.6 is 11.6 Å². The highest BCUT2D eigenvalue weighted by Crippen LogP contribution is 2.20. The molecule has 14 heavy (non-hydrogen) atoms. The van der Waals surface area contributed by atoms with Gasteiger partial charge < -0.3 is 5.11 Å². The number of halogens is 1. The van der Waals surface area contributed by atoms with Crippen molar-refractivity contribution in [3.05, 3.63) is 11.1 Å². The second-order valence-corrected chi connectivity index (χ2v) is 4.16. The van der Waals surface area contributed by atoms with Gasteiger partial charge in [-0.2, -0.15) is 0 Å². The molecular weight excluding hydrogens is 202 g/mol. The molecule has 3 nitrogen and oxygen atoms in total. The predicted octanol–water partition coefficient (Wildman–Crippen LogP) is 1.93. The molecule has 1 N–H and O–H groups in total. The summed E-state index contributed by atoms with van der Waals surface area (Å²) in [6.07, 6.45) is 1.28. The molecule has 0 bridgehead atoms. The molecule has 80 valence electrons. The molecule has 1 fully saturated rings. The van der Waals surface area contributed by atoms with Crippen molar-refractivity contribution in [3.8, 4) is 0 Å². The number of carboxylic acid groups (broad SMARTS) is 1. The van der Waals surface area contributed by atoms with Gasteiger partial charge in [0.1, 0.15) is 0 Å². The molecule has 1 saturated heterocycles. The van der Waals surface area contributed by atoms with Gasteiger partial charge in [-0.05, 0) is 31.4 Å². The van der Waals surface area contributed by atoms with E-state index < -0.39 is 5.97 Å². The van der Waals surface area contributed by atoms with E-state index in [9.17, 15) is 4.79 Å². The molecule has 0 aromatic carbocycles. The minimum absolute atomic E-state index is 0.292. The molecule has 0 radical (unpaired) electrons. The molecule has 1 atom stereocenters. The maximum Gasteiger partial charge on any atom is 0.303 e. The van der Waals surface area contributed by atoms with Gasteiger partial charge in [0.05, 0.1) is 0 Å². The standard InChI is InChI=1S/C10H16ClNO2/c1-8(5-11)6-12-3-2-9(7-12)4-10(13)14/h5,9H,2-4,6-7H2,1H3,(H,13,14). The maximum absolute atomic E-state index is 10.5. The molecule has 1 heterocycles. The van der Waals surface area contributed by atoms with Crippen LogP contribution in [-0.2, 0) is 4.79 Å². The number of hydrogen-bond acceptors (Lipinski definition) is 2. The Balaban J connectivity index is 2.30. The summed E-state index contributed by atoms with van der Waals surface area (Å²) in [6, 6.07) is 0. The predicted molar refractivity (Wildman–Crippen MR) is 56.4 cm³/mol. The average molecular weight is 218 g/mol. The van der Waals surface area contributed by atoms with Crippen molar-refractivity contribution in [2.45, 2.75) is 19.8 Å². The fourth-order valence-corrected chi connectivity index (χ4v) is 1.93. The second-order valence-electron chi connectivity index (χ2n) is 3.94. The maximum atomic E-state index is 10.5. The molecular formula is C10H16ClNO2. The van der Waals surface area contributed by atoms with Crippen LogP contribution in [0.3, 0.4) is 0 Å². The number of rotatable bonds is 4. The molecule has 0 aromatic heterocycles. The fourth-order valence-electron chi connectivity index (χ4n) is 1.86. The lowest BCUT2D eigenvalue weighted by Gasteiger charge is -2.15. The molecule has 1 aliphatic heterocycles. The summed E-state index contributed by atoms with van der Waals surface area (Å²) in [4.78, 5) is 12.7. The van der Waals surface area contributed by atoms with E-state index in [1.165, 1.54) is 0 Å². The van der Waals surface area contributed by atoms with Crippen LogP contribution in [-0.4, -0.2) is 35.6 Å². The number of carbonyl (C=O) groups is 1. The third-order valence-electron chi connectivity index (χ3n) is 2.49. The molecule has 4 heteroatoms. The van der Waals surface area contributed by atoms with Crippen LogP contribution in [0.5, 0.6) is 0 Å². The lowest BCUT2D eigenvalue weighted by atomic mass is 10.1. The lowest BCUT2D eigenvalue weighted by molar-refractivity contribution is -0.138. The summed E-state index contributed by atoms with van der Waals surface area (Å²) in [6.45, 7) is 4.71. The topological polar surface area (TPSA) is 40.5 Å². The van der Waals surface area contributed by atoms with Gasteiger partial charge in [0.15, 0.2) is 0 Å². The highest BCUT2D eigenvalue weighted by molar-refractivity contribution is 6.25. The van der Waals surface area contributed by atoms with Crippen molar-refractivity contribution < 1.29 is 9.90 Å². The normalized spacial score (nSPS) is 24.1. The first-order valence-corrected chi connectivity index (χ1v) is 5.25. The zero-order valence-corrected chi connectivity index (χ0v) is 9.13. The van der Waals surface area contributed by atoms with Crippen LogP contribution in [0.25, 0.3) is 0 Å². The van der Waals surface area contributed by atoms with E-state index in [2.05, 4.69) is 4.90 Å². The zero-order chi connectivity index (χ0) is 10.6. The van der Waals surface area contributed by atoms with Gasteiger partial charge in [0, 0.05) is 25.0 Å². The SMILES string of the molecule is CC(=CCl)CN1CCC(CC(=O)O)C1. The molecule has 0 amide bonds. The number of aliphatic carboxylic acids is 1. The molecule has 1 unspecified atom stereocenters. The van der Waals surface area contributed by atoms with Gasteiger partial charge >= 0.3 is 5.97 Å². The van der Waals surface area contributed by atoms with Gasteiger partial charge in [-0.1, -0.05) is 11.6 Å². The van der Waals surface area contributed by atoms with E-state index in [0.717, 1.165) is 31.6 Å². The van der Waals surface area contributed by atoms with Gasteiger partial charge in [-0.25, -0.2) is 0 Å². The highest BCUT2D eigenvalue weighted by atomic mass is 35.5. The Morgan fingerprint density at radius 3 is 3.00 bits per heavy atom. The highest BCUT2D eigenvalue weighted by Gasteiger charge is 2.24. The monoisotopic (exact) mass is 217 g/mol. The Bertz CT molecular complexity index is 240. The molecule has 0 aromatic rings. The summed E-state index contributed by atoms with van der Waals surface area (Å²) < 4.78 is 0. The van der Waals surface area contributed by atoms with Crippen LogP contribution in [0.15, 0.2) is 11.1 Å². The van der Waals surface area contributed by atoms with Gasteiger partial charge in [-0.3, -0.25) is 9.69 Å². The first-order valence-electron chi connectivity index (χ1n) is 4.82. The van der Waals surface area contributed by atoms with Gasteiger partial charge in [-0.15, -0.1) is 0 Å². The van der Waals surface area contributed by atoms with Crippen LogP contribution < -0.4 is 0 Å². The Labute approximate surface area is 89.3 Å². The number of carboxylic acids is 1. The second kappa shape index (κ2) is 5.37. The van der Waals surface area contributed by atoms with E-state index in [0.29, 0.717) is 12.3 Å². The van der Waals surface area contributed by atoms with Crippen LogP contribution in [0, 0.1) is 5.92 Å². The Kier molecular flexibility index (Phi) is 4.42. The molecule has 1 aliphatic rings. The van der Waals surface area contributed by atoms with Crippen molar-refractivity contribution >= 4 is 17.6 Å². The Hall–Kier alpha value is -0.540. The quantitative estimate of drug-likeness (QED) is 0.782. The van der Waals surface area contributed by atoms with Crippen molar-refractivity contribution in [1.82, 2.24) is 4.90 Å². The first-order chi connectivity index (χ1) is 6.61. The number of hydrogen-bond donors (Lipinski definition) is 1. The average Bonchev–Trinajstić information content (AvgIpc) is 2.51. The summed E-state index contributed by atoms with van der Waals surface area (Å²) >= 11 is 5.57. The van der Waals surface area contributed by atoms with Crippen LogP contribution in [0.1, 0.15) is 19.8 Å². The largest absolute Gasteiger partial charge is 0.481 e. The fraction of sp³-hybridized carbons (Fsp3) is 0.700. The Morgan fingerprint density at radius 2 is 2.43 bits per heavy atom. The van der Waals surface area contributed by atoms with Crippen LogP contribution in [0.4, 0.5) is 0 Å². The summed E-state index contributed by atoms with van der Waals surface area (Å²) in [5.74, 6) is -0.378. The summed E-state index contributed by atoms with van der Waals surface area (Å²) in [7, 11) is 0. The van der Waals surface area contributed by atoms with Crippen molar-refractivity contribution in [1.29, 1.82) is 0 Å². The van der Waals surface area contributed by atoms with E-state index in [1.54, 1.807) is 5.54 Å². The van der Waals surface area contributed by atoms with E-state index >= 15 is 0 Å². The van der Waals surface area contributed by atoms with Crippen LogP contribution in [0.2, 0.25) is 0 Å². The zero-order valence-electron chi connectivity index (χ0n) is 8.37. The Morgan fingerprint density at radius 1 is 1.71 bits per heavy atom. The van der Waals surface area contributed by atoms with Crippen molar-refractivity contribution in [2.75, 3.05) is 19.6 Å². The third-order valence-corrected chi connectivity index (χ3v) is 2.87. The van der Waals surface area contributed by atoms with E-state index in [4.69, 9.17) is 16.7 Å². The minimum atomic E-state index is -0.693. The van der Waals surface area contributed by atoms with Crippen molar-refractivity contribution in [2.24, 2.45) is 5.92 Å². The summed E-state index contributed by atoms with van der Waals surface area (Å²) in [5.41, 5.74) is 2.72. The molecule has 0 aliphatic carbocycles. The minimum Gasteiger partial charge on any atom is -0.481 e. The molecule has 0 saturated carbocycles. The number of nitrogens with zero attached hydrogens (tertiary/aromatic N) is 1. The lowest BCUT2D eigenvalue weighted by Crippen LogP contribution is -2.23.